The number of para-hydroxylation sites is 1. The van der Waals surface area contributed by atoms with Crippen LogP contribution in [-0.4, -0.2) is 43.2 Å². The van der Waals surface area contributed by atoms with E-state index in [9.17, 15) is 4.79 Å². The summed E-state index contributed by atoms with van der Waals surface area (Å²) in [5.74, 6) is 2.44. The molecule has 0 saturated heterocycles. The summed E-state index contributed by atoms with van der Waals surface area (Å²) in [5.41, 5.74) is 2.46. The Morgan fingerprint density at radius 1 is 1.10 bits per heavy atom. The van der Waals surface area contributed by atoms with E-state index in [1.165, 1.54) is 11.8 Å². The van der Waals surface area contributed by atoms with Crippen molar-refractivity contribution >= 4 is 28.5 Å². The van der Waals surface area contributed by atoms with Crippen molar-refractivity contribution in [2.75, 3.05) is 32.4 Å². The summed E-state index contributed by atoms with van der Waals surface area (Å²) in [6.07, 6.45) is -0.487. The Hall–Kier alpha value is -3.07. The van der Waals surface area contributed by atoms with Crippen molar-refractivity contribution in [3.63, 3.8) is 0 Å². The van der Waals surface area contributed by atoms with Gasteiger partial charge in [-0.3, -0.25) is 9.80 Å². The fraction of sp³-hybridized carbons (Fsp3) is 0.333. The summed E-state index contributed by atoms with van der Waals surface area (Å²) in [7, 11) is 4.78. The Bertz CT molecular complexity index is 972. The van der Waals surface area contributed by atoms with E-state index in [1.54, 1.807) is 38.5 Å². The maximum atomic E-state index is 13.1. The fourth-order valence-corrected chi connectivity index (χ4v) is 4.36. The minimum atomic E-state index is -0.579. The van der Waals surface area contributed by atoms with Gasteiger partial charge in [0.25, 0.3) is 5.91 Å². The Morgan fingerprint density at radius 3 is 2.43 bits per heavy atom. The van der Waals surface area contributed by atoms with Crippen molar-refractivity contribution in [3.05, 3.63) is 47.5 Å². The van der Waals surface area contributed by atoms with E-state index in [4.69, 9.17) is 19.3 Å². The summed E-state index contributed by atoms with van der Waals surface area (Å²) >= 11 is 1.48. The number of fused-ring (bicyclic) bond motifs is 3. The highest BCUT2D eigenvalue weighted by Gasteiger charge is 2.43. The van der Waals surface area contributed by atoms with Crippen molar-refractivity contribution < 1.29 is 19.0 Å². The van der Waals surface area contributed by atoms with Crippen LogP contribution in [0.3, 0.4) is 0 Å². The lowest BCUT2D eigenvalue weighted by molar-refractivity contribution is -0.127. The average Bonchev–Trinajstić information content (AvgIpc) is 2.77. The molecule has 2 unspecified atom stereocenters. The van der Waals surface area contributed by atoms with Gasteiger partial charge in [0.05, 0.1) is 26.9 Å². The van der Waals surface area contributed by atoms with Crippen molar-refractivity contribution in [2.45, 2.75) is 19.1 Å². The summed E-state index contributed by atoms with van der Waals surface area (Å²) in [6.45, 7) is 2.02. The molecule has 158 valence electrons. The minimum absolute atomic E-state index is 0.119. The predicted molar refractivity (Wildman–Crippen MR) is 117 cm³/mol. The molecule has 2 aliphatic heterocycles. The lowest BCUT2D eigenvalue weighted by atomic mass is 9.96. The number of benzene rings is 2. The monoisotopic (exact) mass is 428 g/mol. The third kappa shape index (κ3) is 3.39. The van der Waals surface area contributed by atoms with E-state index in [-0.39, 0.29) is 5.91 Å². The Balaban J connectivity index is 1.91. The van der Waals surface area contributed by atoms with Crippen LogP contribution >= 0.6 is 11.8 Å². The van der Waals surface area contributed by atoms with Gasteiger partial charge in [-0.2, -0.15) is 0 Å². The Labute approximate surface area is 179 Å². The number of amidine groups is 1. The molecule has 0 aliphatic carbocycles. The van der Waals surface area contributed by atoms with E-state index in [1.807, 2.05) is 31.2 Å². The normalized spacial score (nSPS) is 19.7. The van der Waals surface area contributed by atoms with Gasteiger partial charge in [-0.05, 0) is 11.8 Å². The predicted octanol–water partition coefficient (Wildman–Crippen LogP) is 3.33. The molecule has 0 spiro atoms. The van der Waals surface area contributed by atoms with Gasteiger partial charge in [-0.15, -0.1) is 5.10 Å². The summed E-state index contributed by atoms with van der Waals surface area (Å²) in [4.78, 5) is 13.1. The average molecular weight is 429 g/mol. The number of hydrazone groups is 1. The van der Waals surface area contributed by atoms with Gasteiger partial charge >= 0.3 is 0 Å². The van der Waals surface area contributed by atoms with Crippen molar-refractivity contribution in [1.29, 1.82) is 0 Å². The van der Waals surface area contributed by atoms with Crippen LogP contribution in [0.1, 0.15) is 30.3 Å². The third-order valence-electron chi connectivity index (χ3n) is 5.07. The smallest absolute Gasteiger partial charge is 0.255 e. The van der Waals surface area contributed by atoms with Crippen LogP contribution in [0.5, 0.6) is 17.2 Å². The molecular formula is C21H24N4O4S. The first-order valence-corrected chi connectivity index (χ1v) is 10.6. The molecule has 1 amide bonds. The molecule has 2 aliphatic rings. The number of rotatable bonds is 5. The highest BCUT2D eigenvalue weighted by atomic mass is 32.2. The maximum Gasteiger partial charge on any atom is 0.255 e. The van der Waals surface area contributed by atoms with E-state index in [0.717, 1.165) is 22.6 Å². The topological polar surface area (TPSA) is 84.4 Å². The van der Waals surface area contributed by atoms with Gasteiger partial charge < -0.3 is 24.8 Å². The van der Waals surface area contributed by atoms with Gasteiger partial charge in [0.2, 0.25) is 0 Å². The van der Waals surface area contributed by atoms with Crippen molar-refractivity contribution in [1.82, 2.24) is 10.3 Å². The molecule has 8 nitrogen and oxygen atoms in total. The molecule has 2 N–H and O–H groups in total. The molecule has 9 heteroatoms. The number of hydrogen-bond donors (Lipinski definition) is 2. The molecule has 0 fully saturated rings. The lowest BCUT2D eigenvalue weighted by Gasteiger charge is -2.44. The fourth-order valence-electron chi connectivity index (χ4n) is 3.76. The second-order valence-electron chi connectivity index (χ2n) is 6.69. The molecule has 2 atom stereocenters. The molecule has 2 aromatic carbocycles. The van der Waals surface area contributed by atoms with Crippen molar-refractivity contribution in [3.8, 4) is 17.2 Å². The van der Waals surface area contributed by atoms with E-state index >= 15 is 0 Å². The van der Waals surface area contributed by atoms with Crippen LogP contribution in [0.4, 0.5) is 5.69 Å². The van der Waals surface area contributed by atoms with Crippen LogP contribution in [0.25, 0.3) is 0 Å². The molecule has 4 rings (SSSR count). The highest BCUT2D eigenvalue weighted by Crippen LogP contribution is 2.48. The third-order valence-corrected chi connectivity index (χ3v) is 5.81. The van der Waals surface area contributed by atoms with Gasteiger partial charge in [-0.1, -0.05) is 36.9 Å². The minimum Gasteiger partial charge on any atom is -0.496 e. The van der Waals surface area contributed by atoms with E-state index < -0.39 is 12.2 Å². The number of nitrogens with one attached hydrogen (secondary N) is 2. The number of amides is 1. The quantitative estimate of drug-likeness (QED) is 0.756. The molecule has 0 radical (unpaired) electrons. The first kappa shape index (κ1) is 20.2. The Kier molecular flexibility index (Phi) is 5.63. The zero-order valence-electron chi connectivity index (χ0n) is 17.3. The van der Waals surface area contributed by atoms with Crippen molar-refractivity contribution in [2.24, 2.45) is 5.10 Å². The number of carbonyl (C=O) groups is 1. The molecule has 0 bridgehead atoms. The van der Waals surface area contributed by atoms with Crippen LogP contribution in [0.15, 0.2) is 41.5 Å². The number of nitrogens with zero attached hydrogens (tertiary/aromatic N) is 2. The molecule has 2 heterocycles. The molecular weight excluding hydrogens is 404 g/mol. The van der Waals surface area contributed by atoms with E-state index in [0.29, 0.717) is 22.4 Å². The maximum absolute atomic E-state index is 13.1. The molecule has 30 heavy (non-hydrogen) atoms. The number of methoxy groups -OCH3 is 3. The number of thioether (sulfide) groups is 1. The van der Waals surface area contributed by atoms with Gasteiger partial charge in [0.15, 0.2) is 17.4 Å². The molecule has 2 aromatic rings. The number of hydrogen-bond acceptors (Lipinski definition) is 8. The van der Waals surface area contributed by atoms with Crippen LogP contribution in [0.2, 0.25) is 0 Å². The first-order valence-electron chi connectivity index (χ1n) is 9.57. The zero-order valence-corrected chi connectivity index (χ0v) is 18.1. The Morgan fingerprint density at radius 2 is 1.80 bits per heavy atom. The standard InChI is InChI=1S/C21H24N4O4S/c1-5-30-21-23-20(26)18-13-8-6-7-9-14(13)22-19(25(18)24-21)17-15(28-3)10-12(27-2)11-16(17)29-4/h6-11,18-19,22H,5H2,1-4H3,(H,23,24,26). The second kappa shape index (κ2) is 8.35. The number of carbonyl (C=O) groups excluding carboxylic acids is 1. The van der Waals surface area contributed by atoms with Crippen LogP contribution < -0.4 is 24.8 Å². The lowest BCUT2D eigenvalue weighted by Crippen LogP contribution is -2.51. The molecule has 0 saturated carbocycles. The SMILES string of the molecule is CCSC1=NN2C(c3c(OC)cc(OC)cc3OC)Nc3ccccc3C2C(=O)N1. The van der Waals surface area contributed by atoms with Crippen LogP contribution in [0, 0.1) is 0 Å². The van der Waals surface area contributed by atoms with Gasteiger partial charge in [0.1, 0.15) is 17.2 Å². The summed E-state index contributed by atoms with van der Waals surface area (Å²) in [6, 6.07) is 10.8. The second-order valence-corrected chi connectivity index (χ2v) is 7.94. The van der Waals surface area contributed by atoms with Crippen LogP contribution in [-0.2, 0) is 4.79 Å². The number of ether oxygens (including phenoxy) is 3. The largest absolute Gasteiger partial charge is 0.496 e. The summed E-state index contributed by atoms with van der Waals surface area (Å²) in [5, 5.41) is 13.6. The number of anilines is 1. The zero-order chi connectivity index (χ0) is 21.3. The van der Waals surface area contributed by atoms with E-state index in [2.05, 4.69) is 10.6 Å². The first-order chi connectivity index (χ1) is 14.6. The van der Waals surface area contributed by atoms with Gasteiger partial charge in [-0.25, -0.2) is 0 Å². The van der Waals surface area contributed by atoms with Gasteiger partial charge in [0, 0.05) is 23.4 Å². The molecule has 0 aromatic heterocycles. The summed E-state index contributed by atoms with van der Waals surface area (Å²) < 4.78 is 16.7. The highest BCUT2D eigenvalue weighted by molar-refractivity contribution is 8.13.